The Bertz CT molecular complexity index is 459. The molecule has 1 saturated carbocycles. The van der Waals surface area contributed by atoms with Gasteiger partial charge in [-0.05, 0) is 56.7 Å². The van der Waals surface area contributed by atoms with Gasteiger partial charge >= 0.3 is 0 Å². The molecular formula is C18H27ClN2O. The van der Waals surface area contributed by atoms with Crippen molar-refractivity contribution in [3.8, 4) is 0 Å². The van der Waals surface area contributed by atoms with E-state index in [4.69, 9.17) is 0 Å². The number of benzene rings is 1. The maximum Gasteiger partial charge on any atom is 0.223 e. The maximum absolute atomic E-state index is 12.4. The van der Waals surface area contributed by atoms with Crippen molar-refractivity contribution in [3.63, 3.8) is 0 Å². The van der Waals surface area contributed by atoms with Crippen LogP contribution in [0, 0.1) is 11.8 Å². The molecule has 1 aliphatic heterocycles. The molecular weight excluding hydrogens is 296 g/mol. The lowest BCUT2D eigenvalue weighted by Crippen LogP contribution is -2.44. The van der Waals surface area contributed by atoms with E-state index in [0.717, 1.165) is 38.8 Å². The molecule has 2 N–H and O–H groups in total. The predicted molar refractivity (Wildman–Crippen MR) is 92.3 cm³/mol. The van der Waals surface area contributed by atoms with Gasteiger partial charge in [-0.15, -0.1) is 12.4 Å². The molecule has 2 unspecified atom stereocenters. The average Bonchev–Trinajstić information content (AvgIpc) is 2.96. The normalized spacial score (nSPS) is 25.5. The molecule has 1 saturated heterocycles. The largest absolute Gasteiger partial charge is 0.353 e. The first-order valence-corrected chi connectivity index (χ1v) is 8.38. The van der Waals surface area contributed by atoms with Gasteiger partial charge in [-0.1, -0.05) is 36.8 Å². The Labute approximate surface area is 139 Å². The van der Waals surface area contributed by atoms with E-state index in [9.17, 15) is 4.79 Å². The third-order valence-corrected chi connectivity index (χ3v) is 5.04. The first-order chi connectivity index (χ1) is 10.3. The quantitative estimate of drug-likeness (QED) is 0.895. The van der Waals surface area contributed by atoms with Gasteiger partial charge in [-0.25, -0.2) is 0 Å². The van der Waals surface area contributed by atoms with Crippen LogP contribution in [0.25, 0.3) is 0 Å². The summed E-state index contributed by atoms with van der Waals surface area (Å²) in [4.78, 5) is 12.4. The molecule has 2 aliphatic rings. The van der Waals surface area contributed by atoms with E-state index < -0.39 is 0 Å². The lowest BCUT2D eigenvalue weighted by atomic mass is 9.92. The van der Waals surface area contributed by atoms with Gasteiger partial charge in [-0.2, -0.15) is 0 Å². The van der Waals surface area contributed by atoms with Gasteiger partial charge in [0, 0.05) is 12.0 Å². The number of piperidine rings is 1. The van der Waals surface area contributed by atoms with Crippen molar-refractivity contribution in [1.29, 1.82) is 0 Å². The van der Waals surface area contributed by atoms with Crippen molar-refractivity contribution >= 4 is 18.3 Å². The first kappa shape index (κ1) is 17.3. The molecule has 2 fully saturated rings. The Morgan fingerprint density at radius 3 is 2.55 bits per heavy atom. The van der Waals surface area contributed by atoms with Crippen molar-refractivity contribution in [1.82, 2.24) is 10.6 Å². The van der Waals surface area contributed by atoms with Crippen LogP contribution >= 0.6 is 12.4 Å². The Morgan fingerprint density at radius 2 is 1.82 bits per heavy atom. The van der Waals surface area contributed by atoms with Crippen molar-refractivity contribution in [3.05, 3.63) is 35.9 Å². The van der Waals surface area contributed by atoms with Crippen LogP contribution in [0.1, 0.15) is 37.7 Å². The molecule has 122 valence electrons. The molecule has 0 radical (unpaired) electrons. The van der Waals surface area contributed by atoms with E-state index in [1.165, 1.54) is 18.4 Å². The van der Waals surface area contributed by atoms with E-state index >= 15 is 0 Å². The van der Waals surface area contributed by atoms with Crippen LogP contribution in [0.5, 0.6) is 0 Å². The molecule has 1 amide bonds. The molecule has 1 aromatic carbocycles. The molecule has 1 aliphatic carbocycles. The SMILES string of the molecule is Cl.O=C(NC1CCCC1Cc1ccccc1)C1CCNCC1. The maximum atomic E-state index is 12.4. The molecule has 1 aromatic rings. The van der Waals surface area contributed by atoms with Gasteiger partial charge in [0.25, 0.3) is 0 Å². The highest BCUT2D eigenvalue weighted by atomic mass is 35.5. The third kappa shape index (κ3) is 4.47. The van der Waals surface area contributed by atoms with E-state index in [0.29, 0.717) is 17.9 Å². The minimum absolute atomic E-state index is 0. The summed E-state index contributed by atoms with van der Waals surface area (Å²) < 4.78 is 0. The zero-order valence-corrected chi connectivity index (χ0v) is 13.9. The Balaban J connectivity index is 0.00000176. The molecule has 0 spiro atoms. The van der Waals surface area contributed by atoms with Crippen LogP contribution in [-0.4, -0.2) is 25.0 Å². The van der Waals surface area contributed by atoms with E-state index in [2.05, 4.69) is 41.0 Å². The number of amides is 1. The molecule has 2 atom stereocenters. The number of hydrogen-bond acceptors (Lipinski definition) is 2. The zero-order valence-electron chi connectivity index (χ0n) is 13.1. The lowest BCUT2D eigenvalue weighted by Gasteiger charge is -2.26. The van der Waals surface area contributed by atoms with Crippen LogP contribution in [0.4, 0.5) is 0 Å². The number of rotatable bonds is 4. The molecule has 0 bridgehead atoms. The Kier molecular flexibility index (Phi) is 6.71. The smallest absolute Gasteiger partial charge is 0.223 e. The standard InChI is InChI=1S/C18H26N2O.ClH/c21-18(15-9-11-19-12-10-15)20-17-8-4-7-16(17)13-14-5-2-1-3-6-14;/h1-3,5-6,15-17,19H,4,7-13H2,(H,20,21);1H. The first-order valence-electron chi connectivity index (χ1n) is 8.38. The second-order valence-corrected chi connectivity index (χ2v) is 6.52. The summed E-state index contributed by atoms with van der Waals surface area (Å²) in [6, 6.07) is 11.1. The molecule has 3 nitrogen and oxygen atoms in total. The summed E-state index contributed by atoms with van der Waals surface area (Å²) >= 11 is 0. The second-order valence-electron chi connectivity index (χ2n) is 6.52. The summed E-state index contributed by atoms with van der Waals surface area (Å²) in [5, 5.41) is 6.68. The van der Waals surface area contributed by atoms with Crippen LogP contribution in [0.15, 0.2) is 30.3 Å². The Morgan fingerprint density at radius 1 is 1.09 bits per heavy atom. The van der Waals surface area contributed by atoms with Crippen molar-refractivity contribution in [2.45, 2.75) is 44.6 Å². The summed E-state index contributed by atoms with van der Waals surface area (Å²) in [6.07, 6.45) is 6.71. The van der Waals surface area contributed by atoms with E-state index in [1.54, 1.807) is 0 Å². The number of nitrogens with one attached hydrogen (secondary N) is 2. The van der Waals surface area contributed by atoms with Gasteiger partial charge in [0.15, 0.2) is 0 Å². The summed E-state index contributed by atoms with van der Waals surface area (Å²) in [5.74, 6) is 1.13. The van der Waals surface area contributed by atoms with Gasteiger partial charge in [0.1, 0.15) is 0 Å². The van der Waals surface area contributed by atoms with Crippen molar-refractivity contribution in [2.75, 3.05) is 13.1 Å². The molecule has 0 aromatic heterocycles. The van der Waals surface area contributed by atoms with E-state index in [1.807, 2.05) is 0 Å². The van der Waals surface area contributed by atoms with Gasteiger partial charge < -0.3 is 10.6 Å². The number of halogens is 1. The molecule has 1 heterocycles. The minimum atomic E-state index is 0. The zero-order chi connectivity index (χ0) is 14.5. The van der Waals surface area contributed by atoms with Crippen LogP contribution in [-0.2, 0) is 11.2 Å². The van der Waals surface area contributed by atoms with Crippen molar-refractivity contribution < 1.29 is 4.79 Å². The highest BCUT2D eigenvalue weighted by Crippen LogP contribution is 2.29. The predicted octanol–water partition coefficient (Wildman–Crippen LogP) is 2.94. The monoisotopic (exact) mass is 322 g/mol. The Hall–Kier alpha value is -1.06. The minimum Gasteiger partial charge on any atom is -0.353 e. The fraction of sp³-hybridized carbons (Fsp3) is 0.611. The van der Waals surface area contributed by atoms with Gasteiger partial charge in [0.05, 0.1) is 0 Å². The number of carbonyl (C=O) groups is 1. The topological polar surface area (TPSA) is 41.1 Å². The second kappa shape index (κ2) is 8.54. The van der Waals surface area contributed by atoms with Gasteiger partial charge in [0.2, 0.25) is 5.91 Å². The number of carbonyl (C=O) groups excluding carboxylic acids is 1. The summed E-state index contributed by atoms with van der Waals surface area (Å²) in [5.41, 5.74) is 1.39. The number of hydrogen-bond donors (Lipinski definition) is 2. The summed E-state index contributed by atoms with van der Waals surface area (Å²) in [6.45, 7) is 1.96. The van der Waals surface area contributed by atoms with Crippen LogP contribution in [0.3, 0.4) is 0 Å². The highest BCUT2D eigenvalue weighted by molar-refractivity contribution is 5.85. The lowest BCUT2D eigenvalue weighted by molar-refractivity contribution is -0.126. The molecule has 22 heavy (non-hydrogen) atoms. The average molecular weight is 323 g/mol. The van der Waals surface area contributed by atoms with Crippen molar-refractivity contribution in [2.24, 2.45) is 11.8 Å². The van der Waals surface area contributed by atoms with Crippen LogP contribution < -0.4 is 10.6 Å². The highest BCUT2D eigenvalue weighted by Gasteiger charge is 2.30. The van der Waals surface area contributed by atoms with Gasteiger partial charge in [-0.3, -0.25) is 4.79 Å². The van der Waals surface area contributed by atoms with Crippen LogP contribution in [0.2, 0.25) is 0 Å². The molecule has 4 heteroatoms. The third-order valence-electron chi connectivity index (χ3n) is 5.04. The van der Waals surface area contributed by atoms with E-state index in [-0.39, 0.29) is 18.3 Å². The fourth-order valence-electron chi connectivity index (χ4n) is 3.77. The molecule has 3 rings (SSSR count). The fourth-order valence-corrected chi connectivity index (χ4v) is 3.77. The summed E-state index contributed by atoms with van der Waals surface area (Å²) in [7, 11) is 0.